The highest BCUT2D eigenvalue weighted by molar-refractivity contribution is 5.77. The first-order chi connectivity index (χ1) is 9.78. The molecular formula is C17H31NO4. The van der Waals surface area contributed by atoms with Crippen LogP contribution in [0.5, 0.6) is 0 Å². The van der Waals surface area contributed by atoms with Crippen LogP contribution in [-0.4, -0.2) is 41.3 Å². The van der Waals surface area contributed by atoms with Crippen molar-refractivity contribution in [3.05, 3.63) is 0 Å². The number of hydrogen-bond donors (Lipinski definition) is 0. The zero-order chi connectivity index (χ0) is 15.8. The molecule has 1 aliphatic carbocycles. The van der Waals surface area contributed by atoms with Crippen molar-refractivity contribution in [2.75, 3.05) is 6.61 Å². The third kappa shape index (κ3) is 3.55. The summed E-state index contributed by atoms with van der Waals surface area (Å²) in [5.74, 6) is -0.00814. The molecule has 3 aliphatic rings. The maximum absolute atomic E-state index is 12.5. The van der Waals surface area contributed by atoms with Crippen molar-refractivity contribution in [3.63, 3.8) is 0 Å². The number of carbonyl (C=O) groups is 2. The SMILES string of the molecule is C.CCOC(=O)C1C2CC(C2)N(C(=O)OC(C)(C)C)C1CC. The van der Waals surface area contributed by atoms with Gasteiger partial charge in [0, 0.05) is 12.1 Å². The van der Waals surface area contributed by atoms with Crippen LogP contribution in [0.2, 0.25) is 0 Å². The van der Waals surface area contributed by atoms with E-state index in [1.165, 1.54) is 0 Å². The number of hydrogen-bond acceptors (Lipinski definition) is 4. The van der Waals surface area contributed by atoms with Gasteiger partial charge in [0.05, 0.1) is 12.5 Å². The summed E-state index contributed by atoms with van der Waals surface area (Å²) in [7, 11) is 0. The summed E-state index contributed by atoms with van der Waals surface area (Å²) in [6.45, 7) is 9.80. The highest BCUT2D eigenvalue weighted by Gasteiger charge is 2.55. The summed E-state index contributed by atoms with van der Waals surface area (Å²) in [6, 6.07) is 0.122. The second kappa shape index (κ2) is 6.88. The first-order valence-electron chi connectivity index (χ1n) is 7.96. The van der Waals surface area contributed by atoms with Crippen molar-refractivity contribution >= 4 is 12.1 Å². The largest absolute Gasteiger partial charge is 0.466 e. The highest BCUT2D eigenvalue weighted by Crippen LogP contribution is 2.48. The Morgan fingerprint density at radius 3 is 2.23 bits per heavy atom. The summed E-state index contributed by atoms with van der Waals surface area (Å²) < 4.78 is 10.7. The molecule has 1 saturated carbocycles. The monoisotopic (exact) mass is 313 g/mol. The number of carbonyl (C=O) groups excluding carboxylic acids is 2. The molecule has 5 nitrogen and oxygen atoms in total. The summed E-state index contributed by atoms with van der Waals surface area (Å²) in [4.78, 5) is 26.5. The smallest absolute Gasteiger partial charge is 0.410 e. The first-order valence-corrected chi connectivity index (χ1v) is 7.96. The summed E-state index contributed by atoms with van der Waals surface area (Å²) in [6.07, 6.45) is 2.22. The standard InChI is InChI=1S/C16H27NO4.CH4/c1-6-12-13(14(18)20-7-2)10-8-11(9-10)17(12)15(19)21-16(3,4)5;/h10-13H,6-9H2,1-5H3;1H4. The Morgan fingerprint density at radius 2 is 1.77 bits per heavy atom. The number of nitrogens with zero attached hydrogens (tertiary/aromatic N) is 1. The molecular weight excluding hydrogens is 282 g/mol. The Morgan fingerprint density at radius 1 is 1.18 bits per heavy atom. The van der Waals surface area contributed by atoms with Crippen LogP contribution < -0.4 is 0 Å². The zero-order valence-corrected chi connectivity index (χ0v) is 13.7. The molecule has 1 amide bonds. The quantitative estimate of drug-likeness (QED) is 0.747. The molecule has 3 fully saturated rings. The molecule has 2 bridgehead atoms. The molecule has 0 aromatic rings. The van der Waals surface area contributed by atoms with Gasteiger partial charge in [0.2, 0.25) is 0 Å². The molecule has 22 heavy (non-hydrogen) atoms. The van der Waals surface area contributed by atoms with Crippen LogP contribution in [0.25, 0.3) is 0 Å². The van der Waals surface area contributed by atoms with Crippen LogP contribution in [0.4, 0.5) is 4.79 Å². The van der Waals surface area contributed by atoms with Crippen molar-refractivity contribution in [2.45, 2.75) is 79.0 Å². The van der Waals surface area contributed by atoms with Gasteiger partial charge in [-0.15, -0.1) is 0 Å². The van der Waals surface area contributed by atoms with Gasteiger partial charge in [-0.3, -0.25) is 4.79 Å². The minimum atomic E-state index is -0.518. The van der Waals surface area contributed by atoms with E-state index in [-0.39, 0.29) is 37.5 Å². The third-order valence-electron chi connectivity index (χ3n) is 4.40. The van der Waals surface area contributed by atoms with E-state index in [2.05, 4.69) is 0 Å². The molecule has 2 unspecified atom stereocenters. The molecule has 0 aromatic carbocycles. The maximum Gasteiger partial charge on any atom is 0.410 e. The molecule has 2 aliphatic heterocycles. The first kappa shape index (κ1) is 18.8. The lowest BCUT2D eigenvalue weighted by Gasteiger charge is -2.56. The fourth-order valence-corrected chi connectivity index (χ4v) is 3.55. The number of ether oxygens (including phenoxy) is 2. The second-order valence-corrected chi connectivity index (χ2v) is 7.03. The lowest BCUT2D eigenvalue weighted by molar-refractivity contribution is -0.165. The Bertz CT molecular complexity index is 409. The van der Waals surface area contributed by atoms with Crippen LogP contribution >= 0.6 is 0 Å². The summed E-state index contributed by atoms with van der Waals surface area (Å²) in [5.41, 5.74) is -0.518. The molecule has 2 saturated heterocycles. The van der Waals surface area contributed by atoms with E-state index in [1.807, 2.05) is 34.6 Å². The minimum Gasteiger partial charge on any atom is -0.466 e. The number of esters is 1. The van der Waals surface area contributed by atoms with Crippen LogP contribution in [0, 0.1) is 11.8 Å². The topological polar surface area (TPSA) is 55.8 Å². The van der Waals surface area contributed by atoms with Crippen molar-refractivity contribution in [1.82, 2.24) is 4.90 Å². The average Bonchev–Trinajstić information content (AvgIpc) is 2.33. The molecule has 2 atom stereocenters. The van der Waals surface area contributed by atoms with Crippen molar-refractivity contribution in [1.29, 1.82) is 0 Å². The zero-order valence-electron chi connectivity index (χ0n) is 13.7. The predicted molar refractivity (Wildman–Crippen MR) is 85.5 cm³/mol. The third-order valence-corrected chi connectivity index (χ3v) is 4.40. The van der Waals surface area contributed by atoms with E-state index in [0.717, 1.165) is 19.3 Å². The van der Waals surface area contributed by atoms with Gasteiger partial charge < -0.3 is 14.4 Å². The van der Waals surface area contributed by atoms with E-state index in [0.29, 0.717) is 12.5 Å². The van der Waals surface area contributed by atoms with Crippen molar-refractivity contribution < 1.29 is 19.1 Å². The predicted octanol–water partition coefficient (Wildman–Crippen LogP) is 3.61. The van der Waals surface area contributed by atoms with Crippen molar-refractivity contribution in [2.24, 2.45) is 11.8 Å². The van der Waals surface area contributed by atoms with Gasteiger partial charge >= 0.3 is 12.1 Å². The van der Waals surface area contributed by atoms with Gasteiger partial charge in [0.1, 0.15) is 5.60 Å². The number of rotatable bonds is 3. The Labute approximate surface area is 134 Å². The van der Waals surface area contributed by atoms with Gasteiger partial charge in [0.15, 0.2) is 0 Å². The number of piperidine rings is 2. The fourth-order valence-electron chi connectivity index (χ4n) is 3.55. The van der Waals surface area contributed by atoms with Crippen LogP contribution in [-0.2, 0) is 14.3 Å². The van der Waals surface area contributed by atoms with E-state index in [1.54, 1.807) is 4.90 Å². The van der Waals surface area contributed by atoms with Gasteiger partial charge in [0.25, 0.3) is 0 Å². The summed E-state index contributed by atoms with van der Waals surface area (Å²) >= 11 is 0. The Kier molecular flexibility index (Phi) is 5.88. The van der Waals surface area contributed by atoms with Gasteiger partial charge in [-0.1, -0.05) is 14.4 Å². The van der Waals surface area contributed by atoms with Gasteiger partial charge in [-0.25, -0.2) is 4.79 Å². The van der Waals surface area contributed by atoms with Crippen LogP contribution in [0.1, 0.15) is 61.3 Å². The fraction of sp³-hybridized carbons (Fsp3) is 0.882. The average molecular weight is 313 g/mol. The maximum atomic E-state index is 12.5. The lowest BCUT2D eigenvalue weighted by atomic mass is 9.63. The van der Waals surface area contributed by atoms with E-state index in [4.69, 9.17) is 9.47 Å². The minimum absolute atomic E-state index is 0. The van der Waals surface area contributed by atoms with Gasteiger partial charge in [-0.05, 0) is 52.9 Å². The van der Waals surface area contributed by atoms with E-state index in [9.17, 15) is 9.59 Å². The Hall–Kier alpha value is -1.26. The van der Waals surface area contributed by atoms with Gasteiger partial charge in [-0.2, -0.15) is 0 Å². The second-order valence-electron chi connectivity index (χ2n) is 7.03. The molecule has 2 heterocycles. The molecule has 0 N–H and O–H groups in total. The Balaban J connectivity index is 0.00000242. The van der Waals surface area contributed by atoms with Crippen molar-refractivity contribution in [3.8, 4) is 0 Å². The molecule has 128 valence electrons. The molecule has 0 spiro atoms. The molecule has 5 heteroatoms. The van der Waals surface area contributed by atoms with E-state index < -0.39 is 5.60 Å². The summed E-state index contributed by atoms with van der Waals surface area (Å²) in [5, 5.41) is 0. The lowest BCUT2D eigenvalue weighted by Crippen LogP contribution is -2.65. The molecule has 3 rings (SSSR count). The van der Waals surface area contributed by atoms with Crippen LogP contribution in [0.15, 0.2) is 0 Å². The molecule has 0 radical (unpaired) electrons. The number of amides is 1. The normalized spacial score (nSPS) is 30.0. The van der Waals surface area contributed by atoms with E-state index >= 15 is 0 Å². The molecule has 0 aromatic heterocycles. The van der Waals surface area contributed by atoms with Crippen LogP contribution in [0.3, 0.4) is 0 Å². The number of fused-ring (bicyclic) bond motifs is 2. The highest BCUT2D eigenvalue weighted by atomic mass is 16.6.